The molecule has 0 saturated carbocycles. The van der Waals surface area contributed by atoms with E-state index in [9.17, 15) is 4.79 Å². The number of H-pyrrole nitrogens is 1. The standard InChI is InChI=1S/C27H28N4OS/c1-19-13-15-23(16-14-19)26-29-30-27(33)31(26)18-17-24(32)28-20(2)25(21-9-5-3-6-10-21)22-11-7-4-8-12-22/h3-16,20,25H,17-18H2,1-2H3,(H,28,32)(H,30,33). The Kier molecular flexibility index (Phi) is 7.15. The zero-order chi connectivity index (χ0) is 23.2. The number of hydrogen-bond acceptors (Lipinski definition) is 3. The van der Waals surface area contributed by atoms with Crippen LogP contribution in [0.15, 0.2) is 84.9 Å². The van der Waals surface area contributed by atoms with E-state index in [0.29, 0.717) is 17.7 Å². The number of aryl methyl sites for hydroxylation is 1. The highest BCUT2D eigenvalue weighted by Crippen LogP contribution is 2.28. The third-order valence-electron chi connectivity index (χ3n) is 5.84. The minimum absolute atomic E-state index is 0.0164. The molecule has 0 spiro atoms. The van der Waals surface area contributed by atoms with Crippen molar-refractivity contribution in [2.75, 3.05) is 0 Å². The molecule has 1 atom stereocenters. The molecular formula is C27H28N4OS. The summed E-state index contributed by atoms with van der Waals surface area (Å²) in [6.45, 7) is 4.56. The molecule has 3 aromatic carbocycles. The lowest BCUT2D eigenvalue weighted by Gasteiger charge is -2.26. The summed E-state index contributed by atoms with van der Waals surface area (Å²) in [5.74, 6) is 0.792. The third-order valence-corrected chi connectivity index (χ3v) is 6.15. The molecule has 0 fully saturated rings. The van der Waals surface area contributed by atoms with Crippen molar-refractivity contribution in [1.82, 2.24) is 20.1 Å². The summed E-state index contributed by atoms with van der Waals surface area (Å²) in [4.78, 5) is 12.9. The summed E-state index contributed by atoms with van der Waals surface area (Å²) < 4.78 is 2.40. The molecule has 0 aliphatic rings. The normalized spacial score (nSPS) is 12.0. The molecule has 1 heterocycles. The average molecular weight is 457 g/mol. The first-order valence-electron chi connectivity index (χ1n) is 11.1. The van der Waals surface area contributed by atoms with Crippen molar-refractivity contribution in [2.45, 2.75) is 38.8 Å². The van der Waals surface area contributed by atoms with Gasteiger partial charge in [-0.25, -0.2) is 0 Å². The number of benzene rings is 3. The van der Waals surface area contributed by atoms with E-state index in [1.165, 1.54) is 16.7 Å². The summed E-state index contributed by atoms with van der Waals surface area (Å²) in [6.07, 6.45) is 0.313. The number of aromatic amines is 1. The number of nitrogens with one attached hydrogen (secondary N) is 2. The summed E-state index contributed by atoms with van der Waals surface area (Å²) in [5.41, 5.74) is 4.50. The van der Waals surface area contributed by atoms with Gasteiger partial charge in [-0.2, -0.15) is 5.10 Å². The van der Waals surface area contributed by atoms with Crippen molar-refractivity contribution < 1.29 is 4.79 Å². The van der Waals surface area contributed by atoms with E-state index in [0.717, 1.165) is 11.4 Å². The Hall–Kier alpha value is -3.51. The van der Waals surface area contributed by atoms with Crippen molar-refractivity contribution in [2.24, 2.45) is 0 Å². The molecule has 168 valence electrons. The van der Waals surface area contributed by atoms with Gasteiger partial charge in [0.1, 0.15) is 0 Å². The van der Waals surface area contributed by atoms with Gasteiger partial charge in [0.05, 0.1) is 0 Å². The molecule has 1 amide bonds. The Morgan fingerprint density at radius 1 is 0.970 bits per heavy atom. The summed E-state index contributed by atoms with van der Waals surface area (Å²) in [5, 5.41) is 10.4. The first kappa shape index (κ1) is 22.7. The highest BCUT2D eigenvalue weighted by molar-refractivity contribution is 7.71. The lowest BCUT2D eigenvalue weighted by molar-refractivity contribution is -0.122. The molecular weight excluding hydrogens is 428 g/mol. The fraction of sp³-hybridized carbons (Fsp3) is 0.222. The molecule has 0 saturated heterocycles. The van der Waals surface area contributed by atoms with E-state index in [4.69, 9.17) is 12.2 Å². The molecule has 1 aromatic heterocycles. The maximum absolute atomic E-state index is 12.9. The van der Waals surface area contributed by atoms with E-state index in [-0.39, 0.29) is 17.9 Å². The van der Waals surface area contributed by atoms with Crippen LogP contribution < -0.4 is 5.32 Å². The van der Waals surface area contributed by atoms with Gasteiger partial charge in [0, 0.05) is 30.5 Å². The quantitative estimate of drug-likeness (QED) is 0.337. The predicted molar refractivity (Wildman–Crippen MR) is 135 cm³/mol. The Labute approximate surface area is 199 Å². The Morgan fingerprint density at radius 2 is 1.55 bits per heavy atom. The Morgan fingerprint density at radius 3 is 2.12 bits per heavy atom. The van der Waals surface area contributed by atoms with Gasteiger partial charge in [-0.1, -0.05) is 90.5 Å². The van der Waals surface area contributed by atoms with Gasteiger partial charge in [0.15, 0.2) is 10.6 Å². The fourth-order valence-corrected chi connectivity index (χ4v) is 4.38. The third kappa shape index (κ3) is 5.46. The molecule has 2 N–H and O–H groups in total. The van der Waals surface area contributed by atoms with Crippen LogP contribution in [0, 0.1) is 11.7 Å². The second-order valence-electron chi connectivity index (χ2n) is 8.28. The van der Waals surface area contributed by atoms with Crippen molar-refractivity contribution in [1.29, 1.82) is 0 Å². The van der Waals surface area contributed by atoms with E-state index in [2.05, 4.69) is 46.7 Å². The molecule has 4 aromatic rings. The maximum atomic E-state index is 12.9. The minimum Gasteiger partial charge on any atom is -0.353 e. The zero-order valence-electron chi connectivity index (χ0n) is 18.9. The molecule has 1 unspecified atom stereocenters. The summed E-state index contributed by atoms with van der Waals surface area (Å²) in [7, 11) is 0. The van der Waals surface area contributed by atoms with Crippen LogP contribution in [0.2, 0.25) is 0 Å². The maximum Gasteiger partial charge on any atom is 0.222 e. The van der Waals surface area contributed by atoms with Gasteiger partial charge in [0.2, 0.25) is 5.91 Å². The fourth-order valence-electron chi connectivity index (χ4n) is 4.16. The van der Waals surface area contributed by atoms with Crippen molar-refractivity contribution in [3.63, 3.8) is 0 Å². The largest absolute Gasteiger partial charge is 0.353 e. The van der Waals surface area contributed by atoms with Crippen LogP contribution in [0.3, 0.4) is 0 Å². The second-order valence-corrected chi connectivity index (χ2v) is 8.66. The molecule has 0 aliphatic carbocycles. The zero-order valence-corrected chi connectivity index (χ0v) is 19.7. The molecule has 5 nitrogen and oxygen atoms in total. The highest BCUT2D eigenvalue weighted by atomic mass is 32.1. The van der Waals surface area contributed by atoms with Crippen LogP contribution in [-0.4, -0.2) is 26.7 Å². The first-order valence-corrected chi connectivity index (χ1v) is 11.6. The van der Waals surface area contributed by atoms with Crippen LogP contribution in [0.4, 0.5) is 0 Å². The number of rotatable bonds is 8. The van der Waals surface area contributed by atoms with Crippen LogP contribution in [-0.2, 0) is 11.3 Å². The van der Waals surface area contributed by atoms with Crippen molar-refractivity contribution >= 4 is 18.1 Å². The summed E-state index contributed by atoms with van der Waals surface area (Å²) >= 11 is 5.42. The van der Waals surface area contributed by atoms with Gasteiger partial charge in [-0.3, -0.25) is 14.5 Å². The smallest absolute Gasteiger partial charge is 0.222 e. The number of amides is 1. The van der Waals surface area contributed by atoms with Crippen LogP contribution in [0.1, 0.15) is 36.0 Å². The van der Waals surface area contributed by atoms with E-state index in [1.807, 2.05) is 72.2 Å². The van der Waals surface area contributed by atoms with E-state index in [1.54, 1.807) is 0 Å². The summed E-state index contributed by atoms with van der Waals surface area (Å²) in [6, 6.07) is 28.6. The van der Waals surface area contributed by atoms with Crippen LogP contribution in [0.25, 0.3) is 11.4 Å². The van der Waals surface area contributed by atoms with E-state index >= 15 is 0 Å². The van der Waals surface area contributed by atoms with Gasteiger partial charge in [0.25, 0.3) is 0 Å². The van der Waals surface area contributed by atoms with Gasteiger partial charge in [-0.05, 0) is 37.2 Å². The molecule has 6 heteroatoms. The molecule has 0 radical (unpaired) electrons. The topological polar surface area (TPSA) is 62.7 Å². The number of carbonyl (C=O) groups is 1. The minimum atomic E-state index is -0.0730. The number of carbonyl (C=O) groups excluding carboxylic acids is 1. The van der Waals surface area contributed by atoms with E-state index < -0.39 is 0 Å². The number of aromatic nitrogens is 3. The Balaban J connectivity index is 1.47. The predicted octanol–water partition coefficient (Wildman–Crippen LogP) is 5.64. The SMILES string of the molecule is Cc1ccc(-c2n[nH]c(=S)n2CCC(=O)NC(C)C(c2ccccc2)c2ccccc2)cc1. The molecule has 4 rings (SSSR count). The number of nitrogens with zero attached hydrogens (tertiary/aromatic N) is 2. The van der Waals surface area contributed by atoms with Crippen LogP contribution in [0.5, 0.6) is 0 Å². The van der Waals surface area contributed by atoms with Gasteiger partial charge < -0.3 is 5.32 Å². The highest BCUT2D eigenvalue weighted by Gasteiger charge is 2.23. The number of hydrogen-bond donors (Lipinski definition) is 2. The second kappa shape index (κ2) is 10.4. The average Bonchev–Trinajstić information content (AvgIpc) is 3.20. The lowest BCUT2D eigenvalue weighted by Crippen LogP contribution is -2.37. The lowest BCUT2D eigenvalue weighted by atomic mass is 9.86. The molecule has 33 heavy (non-hydrogen) atoms. The Bertz CT molecular complexity index is 1210. The van der Waals surface area contributed by atoms with Crippen LogP contribution >= 0.6 is 12.2 Å². The van der Waals surface area contributed by atoms with Gasteiger partial charge >= 0.3 is 0 Å². The molecule has 0 aliphatic heterocycles. The molecule has 0 bridgehead atoms. The van der Waals surface area contributed by atoms with Gasteiger partial charge in [-0.15, -0.1) is 0 Å². The monoisotopic (exact) mass is 456 g/mol. The first-order chi connectivity index (χ1) is 16.0. The van der Waals surface area contributed by atoms with Crippen molar-refractivity contribution in [3.8, 4) is 11.4 Å². The van der Waals surface area contributed by atoms with Crippen molar-refractivity contribution in [3.05, 3.63) is 106 Å².